The molecule has 1 heterocycles. The highest BCUT2D eigenvalue weighted by Gasteiger charge is 2.17. The second-order valence-electron chi connectivity index (χ2n) is 5.37. The van der Waals surface area contributed by atoms with Crippen molar-refractivity contribution in [2.24, 2.45) is 0 Å². The second-order valence-corrected chi connectivity index (χ2v) is 6.70. The van der Waals surface area contributed by atoms with Crippen LogP contribution in [0.15, 0.2) is 18.2 Å². The van der Waals surface area contributed by atoms with Gasteiger partial charge < -0.3 is 16.0 Å². The van der Waals surface area contributed by atoms with Crippen LogP contribution in [0.1, 0.15) is 12.7 Å². The molecule has 2 rings (SSSR count). The Balaban J connectivity index is 1.97. The molecule has 0 aliphatic carbocycles. The van der Waals surface area contributed by atoms with Crippen molar-refractivity contribution < 1.29 is 13.6 Å². The number of nitrogens with two attached hydrogens (primary N) is 1. The Labute approximate surface area is 148 Å². The Morgan fingerprint density at radius 2 is 2.04 bits per heavy atom. The number of thioether (sulfide) groups is 1. The number of benzene rings is 1. The van der Waals surface area contributed by atoms with Crippen LogP contribution in [-0.2, 0) is 10.5 Å². The molecule has 0 unspecified atom stereocenters. The number of hydrogen-bond acceptors (Lipinski definition) is 7. The first kappa shape index (κ1) is 18.8. The first-order valence-electron chi connectivity index (χ1n) is 7.31. The van der Waals surface area contributed by atoms with Gasteiger partial charge in [0.2, 0.25) is 17.8 Å². The molecule has 0 saturated heterocycles. The molecule has 2 aromatic rings. The van der Waals surface area contributed by atoms with Crippen molar-refractivity contribution in [2.75, 3.05) is 30.0 Å². The van der Waals surface area contributed by atoms with Crippen LogP contribution in [0.4, 0.5) is 26.4 Å². The van der Waals surface area contributed by atoms with E-state index in [1.165, 1.54) is 17.8 Å². The van der Waals surface area contributed by atoms with E-state index >= 15 is 0 Å². The highest BCUT2D eigenvalue weighted by Crippen LogP contribution is 2.20. The van der Waals surface area contributed by atoms with Gasteiger partial charge in [0.1, 0.15) is 17.5 Å². The fourth-order valence-electron chi connectivity index (χ4n) is 1.79. The molecule has 1 aromatic carbocycles. The van der Waals surface area contributed by atoms with Crippen LogP contribution >= 0.6 is 11.8 Å². The zero-order valence-corrected chi connectivity index (χ0v) is 14.8. The van der Waals surface area contributed by atoms with Crippen LogP contribution in [0.3, 0.4) is 0 Å². The summed E-state index contributed by atoms with van der Waals surface area (Å²) in [4.78, 5) is 26.1. The highest BCUT2D eigenvalue weighted by molar-refractivity contribution is 7.99. The summed E-state index contributed by atoms with van der Waals surface area (Å²) in [5.74, 6) is -0.658. The van der Waals surface area contributed by atoms with E-state index in [0.29, 0.717) is 23.6 Å². The zero-order chi connectivity index (χ0) is 18.6. The zero-order valence-electron chi connectivity index (χ0n) is 14.0. The molecular formula is C15H18F2N6OS. The van der Waals surface area contributed by atoms with Gasteiger partial charge in [0.15, 0.2) is 0 Å². The topological polar surface area (TPSA) is 97.0 Å². The Morgan fingerprint density at radius 1 is 1.32 bits per heavy atom. The number of hydrogen-bond donors (Lipinski definition) is 2. The number of halogens is 2. The number of aromatic nitrogens is 3. The number of anilines is 3. The fourth-order valence-corrected chi connectivity index (χ4v) is 2.53. The normalized spacial score (nSPS) is 11.9. The summed E-state index contributed by atoms with van der Waals surface area (Å²) in [6.07, 6.45) is 0. The molecule has 10 heteroatoms. The molecule has 1 amide bonds. The molecule has 3 N–H and O–H groups in total. The van der Waals surface area contributed by atoms with Gasteiger partial charge in [-0.2, -0.15) is 15.0 Å². The van der Waals surface area contributed by atoms with Crippen LogP contribution in [0.2, 0.25) is 0 Å². The molecule has 134 valence electrons. The lowest BCUT2D eigenvalue weighted by molar-refractivity contribution is -0.115. The summed E-state index contributed by atoms with van der Waals surface area (Å²) < 4.78 is 26.5. The number of carbonyl (C=O) groups excluding carboxylic acids is 1. The van der Waals surface area contributed by atoms with Crippen LogP contribution in [0.25, 0.3) is 0 Å². The van der Waals surface area contributed by atoms with Gasteiger partial charge in [0.25, 0.3) is 0 Å². The minimum absolute atomic E-state index is 0.0712. The molecule has 7 nitrogen and oxygen atoms in total. The maximum absolute atomic E-state index is 13.6. The van der Waals surface area contributed by atoms with E-state index in [9.17, 15) is 13.6 Å². The smallest absolute Gasteiger partial charge is 0.237 e. The van der Waals surface area contributed by atoms with Crippen molar-refractivity contribution in [3.63, 3.8) is 0 Å². The van der Waals surface area contributed by atoms with E-state index in [2.05, 4.69) is 20.3 Å². The van der Waals surface area contributed by atoms with E-state index < -0.39 is 22.8 Å². The maximum Gasteiger partial charge on any atom is 0.237 e. The monoisotopic (exact) mass is 368 g/mol. The van der Waals surface area contributed by atoms with Gasteiger partial charge in [-0.05, 0) is 19.1 Å². The fraction of sp³-hybridized carbons (Fsp3) is 0.333. The summed E-state index contributed by atoms with van der Waals surface area (Å²) in [7, 11) is 3.55. The van der Waals surface area contributed by atoms with E-state index in [0.717, 1.165) is 6.07 Å². The summed E-state index contributed by atoms with van der Waals surface area (Å²) in [6, 6.07) is 2.96. The van der Waals surface area contributed by atoms with Gasteiger partial charge in [-0.25, -0.2) is 8.78 Å². The average Bonchev–Trinajstić information content (AvgIpc) is 2.54. The Bertz CT molecular complexity index is 774. The largest absolute Gasteiger partial charge is 0.368 e. The van der Waals surface area contributed by atoms with Gasteiger partial charge in [0.05, 0.1) is 16.7 Å². The predicted octanol–water partition coefficient (Wildman–Crippen LogP) is 2.06. The molecular weight excluding hydrogens is 350 g/mol. The molecule has 0 saturated carbocycles. The number of nitrogens with one attached hydrogen (secondary N) is 1. The molecule has 25 heavy (non-hydrogen) atoms. The van der Waals surface area contributed by atoms with Crippen LogP contribution < -0.4 is 16.0 Å². The minimum Gasteiger partial charge on any atom is -0.368 e. The van der Waals surface area contributed by atoms with Crippen molar-refractivity contribution >= 4 is 35.3 Å². The Kier molecular flexibility index (Phi) is 6.07. The number of nitrogens with zero attached hydrogens (tertiary/aromatic N) is 4. The van der Waals surface area contributed by atoms with Gasteiger partial charge in [-0.1, -0.05) is 0 Å². The van der Waals surface area contributed by atoms with Crippen molar-refractivity contribution in [3.05, 3.63) is 35.7 Å². The van der Waals surface area contributed by atoms with Crippen molar-refractivity contribution in [1.29, 1.82) is 0 Å². The number of nitrogen functional groups attached to an aromatic ring is 1. The molecule has 0 bridgehead atoms. The van der Waals surface area contributed by atoms with Gasteiger partial charge in [0, 0.05) is 20.2 Å². The van der Waals surface area contributed by atoms with E-state index in [-0.39, 0.29) is 11.6 Å². The third-order valence-corrected chi connectivity index (χ3v) is 4.25. The number of rotatable bonds is 6. The third kappa shape index (κ3) is 5.24. The van der Waals surface area contributed by atoms with E-state index in [1.54, 1.807) is 25.9 Å². The van der Waals surface area contributed by atoms with Gasteiger partial charge in [-0.15, -0.1) is 11.8 Å². The average molecular weight is 368 g/mol. The number of amides is 1. The molecule has 0 spiro atoms. The van der Waals surface area contributed by atoms with Crippen molar-refractivity contribution in [1.82, 2.24) is 15.0 Å². The molecule has 1 aromatic heterocycles. The van der Waals surface area contributed by atoms with Gasteiger partial charge in [-0.3, -0.25) is 4.79 Å². The third-order valence-electron chi connectivity index (χ3n) is 3.11. The van der Waals surface area contributed by atoms with E-state index in [4.69, 9.17) is 5.73 Å². The molecule has 0 aliphatic heterocycles. The van der Waals surface area contributed by atoms with Crippen molar-refractivity contribution in [3.8, 4) is 0 Å². The molecule has 0 fully saturated rings. The summed E-state index contributed by atoms with van der Waals surface area (Å²) >= 11 is 1.26. The van der Waals surface area contributed by atoms with Crippen molar-refractivity contribution in [2.45, 2.75) is 17.9 Å². The van der Waals surface area contributed by atoms with Crippen LogP contribution in [0.5, 0.6) is 0 Å². The van der Waals surface area contributed by atoms with Crippen LogP contribution in [-0.4, -0.2) is 40.2 Å². The predicted molar refractivity (Wildman–Crippen MR) is 94.3 cm³/mol. The summed E-state index contributed by atoms with van der Waals surface area (Å²) in [5, 5.41) is 1.92. The minimum atomic E-state index is -0.827. The first-order valence-corrected chi connectivity index (χ1v) is 8.36. The SMILES string of the molecule is C[C@@H](SCc1nc(N)nc(N(C)C)n1)C(=O)Nc1ccc(F)cc1F. The molecule has 1 atom stereocenters. The summed E-state index contributed by atoms with van der Waals surface area (Å²) in [6.45, 7) is 1.67. The van der Waals surface area contributed by atoms with Gasteiger partial charge >= 0.3 is 0 Å². The Hall–Kier alpha value is -2.49. The Morgan fingerprint density at radius 3 is 2.68 bits per heavy atom. The number of carbonyl (C=O) groups is 1. The maximum atomic E-state index is 13.6. The van der Waals surface area contributed by atoms with E-state index in [1.807, 2.05) is 0 Å². The highest BCUT2D eigenvalue weighted by atomic mass is 32.2. The molecule has 0 radical (unpaired) electrons. The summed E-state index contributed by atoms with van der Waals surface area (Å²) in [5.41, 5.74) is 5.57. The first-order chi connectivity index (χ1) is 11.8. The lowest BCUT2D eigenvalue weighted by Crippen LogP contribution is -2.23. The lowest BCUT2D eigenvalue weighted by atomic mass is 10.3. The standard InChI is InChI=1S/C15H18F2N6OS/c1-8(13(24)19-11-5-4-9(16)6-10(11)17)25-7-12-20-14(18)22-15(21-12)23(2)3/h4-6,8H,7H2,1-3H3,(H,19,24)(H2,18,20,21,22)/t8-/m1/s1. The molecule has 0 aliphatic rings. The second kappa shape index (κ2) is 8.06. The van der Waals surface area contributed by atoms with Crippen LogP contribution in [0, 0.1) is 11.6 Å². The lowest BCUT2D eigenvalue weighted by Gasteiger charge is -2.14. The quantitative estimate of drug-likeness (QED) is 0.805.